The van der Waals surface area contributed by atoms with Gasteiger partial charge in [-0.1, -0.05) is 0 Å². The summed E-state index contributed by atoms with van der Waals surface area (Å²) in [5.74, 6) is 1.23. The summed E-state index contributed by atoms with van der Waals surface area (Å²) in [6, 6.07) is 3.72. The molecule has 2 rings (SSSR count). The number of anilines is 1. The van der Waals surface area contributed by atoms with Gasteiger partial charge in [0.1, 0.15) is 0 Å². The van der Waals surface area contributed by atoms with Crippen molar-refractivity contribution in [2.75, 3.05) is 5.73 Å². The third kappa shape index (κ3) is 1.91. The van der Waals surface area contributed by atoms with E-state index in [1.165, 1.54) is 12.8 Å². The summed E-state index contributed by atoms with van der Waals surface area (Å²) in [7, 11) is 0. The summed E-state index contributed by atoms with van der Waals surface area (Å²) in [6.45, 7) is 0. The van der Waals surface area contributed by atoms with Crippen LogP contribution in [0.4, 0.5) is 5.82 Å². The first-order chi connectivity index (χ1) is 6.36. The minimum Gasteiger partial charge on any atom is -0.487 e. The van der Waals surface area contributed by atoms with Gasteiger partial charge in [0.2, 0.25) is 0 Å². The molecule has 1 fully saturated rings. The van der Waals surface area contributed by atoms with Crippen molar-refractivity contribution in [2.24, 2.45) is 0 Å². The lowest BCUT2D eigenvalue weighted by molar-refractivity contribution is 0.210. The van der Waals surface area contributed by atoms with Crippen LogP contribution in [0, 0.1) is 0 Å². The van der Waals surface area contributed by atoms with E-state index < -0.39 is 0 Å². The number of hydrogen-bond donors (Lipinski definition) is 1. The molecule has 0 aromatic carbocycles. The van der Waals surface area contributed by atoms with Crippen LogP contribution < -0.4 is 10.5 Å². The summed E-state index contributed by atoms with van der Waals surface area (Å²) < 4.78 is 5.72. The lowest BCUT2D eigenvalue weighted by Gasteiger charge is -2.13. The van der Waals surface area contributed by atoms with Crippen LogP contribution >= 0.6 is 0 Å². The number of rotatable bonds is 2. The van der Waals surface area contributed by atoms with E-state index in [1.807, 2.05) is 12.1 Å². The second-order valence-electron chi connectivity index (χ2n) is 3.41. The SMILES string of the molecule is Nc1ncccc1OC1CCCC1. The van der Waals surface area contributed by atoms with Crippen LogP contribution in [0.25, 0.3) is 0 Å². The van der Waals surface area contributed by atoms with E-state index in [0.29, 0.717) is 11.9 Å². The van der Waals surface area contributed by atoms with Crippen LogP contribution in [0.15, 0.2) is 18.3 Å². The highest BCUT2D eigenvalue weighted by Crippen LogP contribution is 2.26. The summed E-state index contributed by atoms with van der Waals surface area (Å²) in [5.41, 5.74) is 5.66. The molecule has 0 aliphatic heterocycles. The number of nitrogens with zero attached hydrogens (tertiary/aromatic N) is 1. The second-order valence-corrected chi connectivity index (χ2v) is 3.41. The maximum Gasteiger partial charge on any atom is 0.166 e. The molecule has 1 aliphatic carbocycles. The zero-order valence-electron chi connectivity index (χ0n) is 7.57. The minimum atomic E-state index is 0.353. The van der Waals surface area contributed by atoms with E-state index in [4.69, 9.17) is 10.5 Å². The third-order valence-electron chi connectivity index (χ3n) is 2.40. The highest BCUT2D eigenvalue weighted by atomic mass is 16.5. The van der Waals surface area contributed by atoms with Crippen molar-refractivity contribution in [1.29, 1.82) is 0 Å². The molecule has 1 saturated carbocycles. The Morgan fingerprint density at radius 1 is 1.38 bits per heavy atom. The molecule has 0 saturated heterocycles. The van der Waals surface area contributed by atoms with Crippen molar-refractivity contribution >= 4 is 5.82 Å². The first kappa shape index (κ1) is 8.35. The topological polar surface area (TPSA) is 48.1 Å². The monoisotopic (exact) mass is 178 g/mol. The van der Waals surface area contributed by atoms with Gasteiger partial charge >= 0.3 is 0 Å². The van der Waals surface area contributed by atoms with Crippen LogP contribution in [0.5, 0.6) is 5.75 Å². The second kappa shape index (κ2) is 3.64. The predicted octanol–water partition coefficient (Wildman–Crippen LogP) is 1.99. The van der Waals surface area contributed by atoms with Crippen molar-refractivity contribution in [3.05, 3.63) is 18.3 Å². The molecule has 13 heavy (non-hydrogen) atoms. The van der Waals surface area contributed by atoms with Gasteiger partial charge in [0.25, 0.3) is 0 Å². The molecular formula is C10H14N2O. The molecule has 0 spiro atoms. The van der Waals surface area contributed by atoms with Gasteiger partial charge in [-0.15, -0.1) is 0 Å². The van der Waals surface area contributed by atoms with E-state index in [0.717, 1.165) is 18.6 Å². The van der Waals surface area contributed by atoms with Crippen LogP contribution in [0.2, 0.25) is 0 Å². The molecule has 0 atom stereocenters. The average Bonchev–Trinajstić information content (AvgIpc) is 2.61. The molecule has 0 unspecified atom stereocenters. The number of aromatic nitrogens is 1. The van der Waals surface area contributed by atoms with E-state index in [-0.39, 0.29) is 0 Å². The van der Waals surface area contributed by atoms with Gasteiger partial charge in [-0.3, -0.25) is 0 Å². The lowest BCUT2D eigenvalue weighted by Crippen LogP contribution is -2.12. The van der Waals surface area contributed by atoms with Gasteiger partial charge in [0, 0.05) is 6.20 Å². The Kier molecular flexibility index (Phi) is 2.34. The van der Waals surface area contributed by atoms with E-state index in [9.17, 15) is 0 Å². The summed E-state index contributed by atoms with van der Waals surface area (Å²) in [4.78, 5) is 3.97. The van der Waals surface area contributed by atoms with Crippen molar-refractivity contribution in [3.63, 3.8) is 0 Å². The van der Waals surface area contributed by atoms with Crippen molar-refractivity contribution in [1.82, 2.24) is 4.98 Å². The largest absolute Gasteiger partial charge is 0.487 e. The fourth-order valence-corrected chi connectivity index (χ4v) is 1.69. The molecule has 0 radical (unpaired) electrons. The molecule has 1 aromatic rings. The molecule has 3 nitrogen and oxygen atoms in total. The Morgan fingerprint density at radius 3 is 2.85 bits per heavy atom. The van der Waals surface area contributed by atoms with Crippen LogP contribution in [0.1, 0.15) is 25.7 Å². The quantitative estimate of drug-likeness (QED) is 0.753. The van der Waals surface area contributed by atoms with Crippen LogP contribution in [-0.2, 0) is 0 Å². The van der Waals surface area contributed by atoms with Crippen molar-refractivity contribution < 1.29 is 4.74 Å². The van der Waals surface area contributed by atoms with Gasteiger partial charge in [0.05, 0.1) is 6.10 Å². The summed E-state index contributed by atoms with van der Waals surface area (Å²) >= 11 is 0. The molecule has 2 N–H and O–H groups in total. The number of ether oxygens (including phenoxy) is 1. The molecule has 1 aliphatic rings. The predicted molar refractivity (Wildman–Crippen MR) is 51.5 cm³/mol. The Morgan fingerprint density at radius 2 is 2.15 bits per heavy atom. The smallest absolute Gasteiger partial charge is 0.166 e. The molecule has 1 aromatic heterocycles. The van der Waals surface area contributed by atoms with E-state index in [2.05, 4.69) is 4.98 Å². The minimum absolute atomic E-state index is 0.353. The van der Waals surface area contributed by atoms with Gasteiger partial charge in [0.15, 0.2) is 11.6 Å². The lowest BCUT2D eigenvalue weighted by atomic mass is 10.3. The van der Waals surface area contributed by atoms with Gasteiger partial charge < -0.3 is 10.5 Å². The Balaban J connectivity index is 2.04. The zero-order chi connectivity index (χ0) is 9.10. The summed E-state index contributed by atoms with van der Waals surface area (Å²) in [5, 5.41) is 0. The normalized spacial score (nSPS) is 17.5. The van der Waals surface area contributed by atoms with Crippen LogP contribution in [0.3, 0.4) is 0 Å². The molecular weight excluding hydrogens is 164 g/mol. The number of nitrogens with two attached hydrogens (primary N) is 1. The van der Waals surface area contributed by atoms with Crippen molar-refractivity contribution in [2.45, 2.75) is 31.8 Å². The molecule has 70 valence electrons. The number of nitrogen functional groups attached to an aromatic ring is 1. The number of hydrogen-bond acceptors (Lipinski definition) is 3. The Hall–Kier alpha value is -1.25. The Labute approximate surface area is 77.9 Å². The van der Waals surface area contributed by atoms with Gasteiger partial charge in [-0.05, 0) is 37.8 Å². The average molecular weight is 178 g/mol. The standard InChI is InChI=1S/C10H14N2O/c11-10-9(6-3-7-12-10)13-8-4-1-2-5-8/h3,6-8H,1-2,4-5H2,(H2,11,12). The third-order valence-corrected chi connectivity index (χ3v) is 2.40. The van der Waals surface area contributed by atoms with Crippen molar-refractivity contribution in [3.8, 4) is 5.75 Å². The summed E-state index contributed by atoms with van der Waals surface area (Å²) in [6.07, 6.45) is 6.86. The highest BCUT2D eigenvalue weighted by molar-refractivity contribution is 5.44. The Bertz CT molecular complexity index is 282. The van der Waals surface area contributed by atoms with E-state index in [1.54, 1.807) is 6.20 Å². The maximum atomic E-state index is 5.72. The maximum absolute atomic E-state index is 5.72. The molecule has 1 heterocycles. The fourth-order valence-electron chi connectivity index (χ4n) is 1.69. The highest BCUT2D eigenvalue weighted by Gasteiger charge is 2.17. The number of pyridine rings is 1. The molecule has 0 amide bonds. The fraction of sp³-hybridized carbons (Fsp3) is 0.500. The van der Waals surface area contributed by atoms with Gasteiger partial charge in [-0.2, -0.15) is 0 Å². The zero-order valence-corrected chi connectivity index (χ0v) is 7.57. The van der Waals surface area contributed by atoms with E-state index >= 15 is 0 Å². The van der Waals surface area contributed by atoms with Crippen LogP contribution in [-0.4, -0.2) is 11.1 Å². The first-order valence-electron chi connectivity index (χ1n) is 4.73. The molecule has 0 bridgehead atoms. The first-order valence-corrected chi connectivity index (χ1v) is 4.73. The van der Waals surface area contributed by atoms with Gasteiger partial charge in [-0.25, -0.2) is 4.98 Å². The molecule has 3 heteroatoms.